The number of aromatic amines is 1. The summed E-state index contributed by atoms with van der Waals surface area (Å²) in [6.07, 6.45) is 4.41. The Labute approximate surface area is 111 Å². The van der Waals surface area contributed by atoms with Crippen LogP contribution >= 0.6 is 0 Å². The Bertz CT molecular complexity index is 604. The second-order valence-corrected chi connectivity index (χ2v) is 4.83. The van der Waals surface area contributed by atoms with Gasteiger partial charge in [-0.05, 0) is 36.5 Å². The zero-order valence-electron chi connectivity index (χ0n) is 10.6. The van der Waals surface area contributed by atoms with Crippen molar-refractivity contribution in [1.29, 1.82) is 0 Å². The zero-order valence-corrected chi connectivity index (χ0v) is 10.6. The van der Waals surface area contributed by atoms with Crippen LogP contribution in [0.1, 0.15) is 40.6 Å². The molecule has 1 aromatic heterocycles. The second kappa shape index (κ2) is 4.80. The first-order valence-electron chi connectivity index (χ1n) is 6.47. The van der Waals surface area contributed by atoms with Crippen LogP contribution in [0.4, 0.5) is 5.69 Å². The molecule has 1 aliphatic carbocycles. The summed E-state index contributed by atoms with van der Waals surface area (Å²) in [6.45, 7) is 0. The number of anilines is 1. The molecule has 19 heavy (non-hydrogen) atoms. The Hall–Kier alpha value is -2.23. The topological polar surface area (TPSA) is 68.1 Å². The molecule has 98 valence electrons. The quantitative estimate of drug-likeness (QED) is 0.812. The van der Waals surface area contributed by atoms with Crippen molar-refractivity contribution in [2.24, 2.45) is 0 Å². The monoisotopic (exact) mass is 256 g/mol. The van der Waals surface area contributed by atoms with E-state index >= 15 is 0 Å². The molecule has 1 atom stereocenters. The van der Waals surface area contributed by atoms with Gasteiger partial charge in [-0.15, -0.1) is 0 Å². The molecule has 0 bridgehead atoms. The Morgan fingerprint density at radius 1 is 1.37 bits per heavy atom. The highest BCUT2D eigenvalue weighted by Gasteiger charge is 2.24. The summed E-state index contributed by atoms with van der Waals surface area (Å²) < 4.78 is 5.59. The van der Waals surface area contributed by atoms with Gasteiger partial charge in [0.15, 0.2) is 0 Å². The third-order valence-electron chi connectivity index (χ3n) is 3.49. The van der Waals surface area contributed by atoms with Crippen LogP contribution in [0.3, 0.4) is 0 Å². The van der Waals surface area contributed by atoms with Crippen LogP contribution in [0.2, 0.25) is 0 Å². The molecule has 3 N–H and O–H groups in total. The van der Waals surface area contributed by atoms with Crippen LogP contribution in [0.15, 0.2) is 36.5 Å². The third kappa shape index (κ3) is 2.34. The number of hydrogen-bond donors (Lipinski definition) is 2. The fourth-order valence-electron chi connectivity index (χ4n) is 2.55. The first-order chi connectivity index (χ1) is 9.24. The summed E-state index contributed by atoms with van der Waals surface area (Å²) in [5.41, 5.74) is 8.93. The van der Waals surface area contributed by atoms with E-state index in [0.717, 1.165) is 24.8 Å². The maximum absolute atomic E-state index is 12.0. The summed E-state index contributed by atoms with van der Waals surface area (Å²) in [4.78, 5) is 14.8. The molecule has 1 unspecified atom stereocenters. The molecule has 0 radical (unpaired) electrons. The number of nitrogens with two attached hydrogens (primary N) is 1. The molecule has 1 aromatic carbocycles. The highest BCUT2D eigenvalue weighted by Crippen LogP contribution is 2.32. The van der Waals surface area contributed by atoms with Gasteiger partial charge in [-0.25, -0.2) is 4.79 Å². The fraction of sp³-hybridized carbons (Fsp3) is 0.267. The number of esters is 1. The van der Waals surface area contributed by atoms with E-state index in [4.69, 9.17) is 10.5 Å². The predicted molar refractivity (Wildman–Crippen MR) is 72.7 cm³/mol. The van der Waals surface area contributed by atoms with Gasteiger partial charge in [0.05, 0.1) is 5.69 Å². The van der Waals surface area contributed by atoms with Gasteiger partial charge in [-0.1, -0.05) is 24.3 Å². The second-order valence-electron chi connectivity index (χ2n) is 4.83. The first-order valence-corrected chi connectivity index (χ1v) is 6.47. The van der Waals surface area contributed by atoms with Crippen molar-refractivity contribution in [2.75, 3.05) is 5.73 Å². The highest BCUT2D eigenvalue weighted by molar-refractivity contribution is 5.88. The van der Waals surface area contributed by atoms with Crippen LogP contribution in [0, 0.1) is 0 Å². The summed E-state index contributed by atoms with van der Waals surface area (Å²) in [5, 5.41) is 0. The number of nitrogen functional groups attached to an aromatic ring is 1. The molecule has 4 nitrogen and oxygen atoms in total. The van der Waals surface area contributed by atoms with E-state index < -0.39 is 0 Å². The molecule has 0 aliphatic heterocycles. The zero-order chi connectivity index (χ0) is 13.2. The van der Waals surface area contributed by atoms with Crippen LogP contribution in [0.25, 0.3) is 0 Å². The van der Waals surface area contributed by atoms with Crippen molar-refractivity contribution in [2.45, 2.75) is 25.4 Å². The minimum Gasteiger partial charge on any atom is -0.453 e. The van der Waals surface area contributed by atoms with Gasteiger partial charge < -0.3 is 15.5 Å². The predicted octanol–water partition coefficient (Wildman–Crippen LogP) is 2.83. The number of ether oxygens (including phenoxy) is 1. The van der Waals surface area contributed by atoms with Crippen molar-refractivity contribution in [3.05, 3.63) is 53.3 Å². The van der Waals surface area contributed by atoms with Crippen molar-refractivity contribution >= 4 is 11.7 Å². The van der Waals surface area contributed by atoms with Crippen LogP contribution in [0.5, 0.6) is 0 Å². The maximum atomic E-state index is 12.0. The third-order valence-corrected chi connectivity index (χ3v) is 3.49. The molecule has 1 aliphatic rings. The molecule has 0 amide bonds. The summed E-state index contributed by atoms with van der Waals surface area (Å²) in [6, 6.07) is 9.74. The molecule has 0 spiro atoms. The molecule has 0 fully saturated rings. The van der Waals surface area contributed by atoms with E-state index in [2.05, 4.69) is 11.1 Å². The number of aromatic nitrogens is 1. The lowest BCUT2D eigenvalue weighted by molar-refractivity contribution is 0.0250. The standard InChI is InChI=1S/C15H16N2O2/c16-11-8-13(17-9-11)15(18)19-14-7-3-5-10-4-1-2-6-12(10)14/h1-2,4,6,8-9,14,17H,3,5,7,16H2. The summed E-state index contributed by atoms with van der Waals surface area (Å²) in [7, 11) is 0. The highest BCUT2D eigenvalue weighted by atomic mass is 16.5. The Morgan fingerprint density at radius 3 is 3.00 bits per heavy atom. The first kappa shape index (κ1) is 11.8. The van der Waals surface area contributed by atoms with Gasteiger partial charge in [0, 0.05) is 6.20 Å². The molecular formula is C15H16N2O2. The number of nitrogens with one attached hydrogen (secondary N) is 1. The number of carbonyl (C=O) groups excluding carboxylic acids is 1. The van der Waals surface area contributed by atoms with E-state index in [1.807, 2.05) is 18.2 Å². The van der Waals surface area contributed by atoms with Gasteiger partial charge >= 0.3 is 5.97 Å². The minimum atomic E-state index is -0.349. The average molecular weight is 256 g/mol. The number of benzene rings is 1. The van der Waals surface area contributed by atoms with Gasteiger partial charge in [-0.2, -0.15) is 0 Å². The Balaban J connectivity index is 1.79. The number of aryl methyl sites for hydroxylation is 1. The average Bonchev–Trinajstić information content (AvgIpc) is 2.86. The number of fused-ring (bicyclic) bond motifs is 1. The lowest BCUT2D eigenvalue weighted by Gasteiger charge is -2.25. The van der Waals surface area contributed by atoms with Gasteiger partial charge in [0.2, 0.25) is 0 Å². The Morgan fingerprint density at radius 2 is 2.21 bits per heavy atom. The molecular weight excluding hydrogens is 240 g/mol. The molecule has 0 saturated carbocycles. The van der Waals surface area contributed by atoms with Gasteiger partial charge in [0.25, 0.3) is 0 Å². The lowest BCUT2D eigenvalue weighted by Crippen LogP contribution is -2.17. The van der Waals surface area contributed by atoms with Crippen molar-refractivity contribution in [1.82, 2.24) is 4.98 Å². The minimum absolute atomic E-state index is 0.151. The van der Waals surface area contributed by atoms with Gasteiger partial charge in [-0.3, -0.25) is 0 Å². The van der Waals surface area contributed by atoms with Crippen LogP contribution in [-0.2, 0) is 11.2 Å². The van der Waals surface area contributed by atoms with E-state index in [0.29, 0.717) is 11.4 Å². The largest absolute Gasteiger partial charge is 0.453 e. The Kier molecular flexibility index (Phi) is 2.99. The van der Waals surface area contributed by atoms with Crippen LogP contribution < -0.4 is 5.73 Å². The van der Waals surface area contributed by atoms with Crippen molar-refractivity contribution in [3.63, 3.8) is 0 Å². The van der Waals surface area contributed by atoms with Crippen LogP contribution in [-0.4, -0.2) is 11.0 Å². The molecule has 1 heterocycles. The molecule has 3 rings (SSSR count). The summed E-state index contributed by atoms with van der Waals surface area (Å²) in [5.74, 6) is -0.349. The van der Waals surface area contributed by atoms with Crippen molar-refractivity contribution < 1.29 is 9.53 Å². The molecule has 2 aromatic rings. The fourth-order valence-corrected chi connectivity index (χ4v) is 2.55. The number of carbonyl (C=O) groups is 1. The summed E-state index contributed by atoms with van der Waals surface area (Å²) >= 11 is 0. The van der Waals surface area contributed by atoms with Crippen molar-refractivity contribution in [3.8, 4) is 0 Å². The van der Waals surface area contributed by atoms with E-state index in [9.17, 15) is 4.79 Å². The lowest BCUT2D eigenvalue weighted by atomic mass is 9.89. The van der Waals surface area contributed by atoms with E-state index in [1.165, 1.54) is 5.56 Å². The smallest absolute Gasteiger partial charge is 0.355 e. The van der Waals surface area contributed by atoms with E-state index in [-0.39, 0.29) is 12.1 Å². The number of H-pyrrole nitrogens is 1. The van der Waals surface area contributed by atoms with E-state index in [1.54, 1.807) is 12.3 Å². The normalized spacial score (nSPS) is 17.8. The number of rotatable bonds is 2. The maximum Gasteiger partial charge on any atom is 0.355 e. The number of hydrogen-bond acceptors (Lipinski definition) is 3. The molecule has 4 heteroatoms. The SMILES string of the molecule is Nc1c[nH]c(C(=O)OC2CCCc3ccccc32)c1. The molecule has 0 saturated heterocycles. The van der Waals surface area contributed by atoms with Gasteiger partial charge in [0.1, 0.15) is 11.8 Å².